The molecule has 0 aliphatic carbocycles. The second-order valence-electron chi connectivity index (χ2n) is 5.62. The van der Waals surface area contributed by atoms with Gasteiger partial charge in [-0.25, -0.2) is 0 Å². The van der Waals surface area contributed by atoms with Crippen LogP contribution >= 0.6 is 11.6 Å². The number of nitrogens with one attached hydrogen (secondary N) is 2. The minimum absolute atomic E-state index is 0.0355. The van der Waals surface area contributed by atoms with Gasteiger partial charge in [0.2, 0.25) is 5.91 Å². The number of anilines is 1. The Morgan fingerprint density at radius 2 is 2.10 bits per heavy atom. The van der Waals surface area contributed by atoms with Gasteiger partial charge in [-0.05, 0) is 24.1 Å². The average Bonchev–Trinajstić information content (AvgIpc) is 2.44. The van der Waals surface area contributed by atoms with Crippen LogP contribution in [0, 0.1) is 5.92 Å². The zero-order valence-electron chi connectivity index (χ0n) is 13.4. The van der Waals surface area contributed by atoms with Gasteiger partial charge in [0.1, 0.15) is 0 Å². The van der Waals surface area contributed by atoms with Crippen LogP contribution in [0.2, 0.25) is 5.02 Å². The van der Waals surface area contributed by atoms with Crippen molar-refractivity contribution in [1.29, 1.82) is 0 Å². The third-order valence-electron chi connectivity index (χ3n) is 3.27. The summed E-state index contributed by atoms with van der Waals surface area (Å²) in [6.45, 7) is 6.75. The first-order valence-electron chi connectivity index (χ1n) is 7.35. The number of carbonyl (C=O) groups excluding carboxylic acids is 1. The molecule has 0 aliphatic heterocycles. The predicted octanol–water partition coefficient (Wildman–Crippen LogP) is 2.66. The second-order valence-corrected chi connectivity index (χ2v) is 6.02. The van der Waals surface area contributed by atoms with Crippen LogP contribution in [0.1, 0.15) is 25.8 Å². The Kier molecular flexibility index (Phi) is 7.54. The SMILES string of the molecule is CNC(=O)CCN(C)c1c(Cl)cccc1CNCC(C)C. The van der Waals surface area contributed by atoms with E-state index < -0.39 is 0 Å². The van der Waals surface area contributed by atoms with Crippen molar-refractivity contribution in [2.75, 3.05) is 32.1 Å². The molecular formula is C16H26ClN3O. The molecule has 118 valence electrons. The highest BCUT2D eigenvalue weighted by Gasteiger charge is 2.12. The fourth-order valence-corrected chi connectivity index (χ4v) is 2.47. The lowest BCUT2D eigenvalue weighted by atomic mass is 10.1. The lowest BCUT2D eigenvalue weighted by Crippen LogP contribution is -2.28. The van der Waals surface area contributed by atoms with Crippen molar-refractivity contribution in [2.24, 2.45) is 5.92 Å². The Morgan fingerprint density at radius 3 is 2.71 bits per heavy atom. The first-order chi connectivity index (χ1) is 9.95. The van der Waals surface area contributed by atoms with Crippen LogP contribution in [-0.4, -0.2) is 33.1 Å². The molecule has 0 unspecified atom stereocenters. The number of benzene rings is 1. The van der Waals surface area contributed by atoms with Crippen LogP contribution in [0.5, 0.6) is 0 Å². The summed E-state index contributed by atoms with van der Waals surface area (Å²) in [5.41, 5.74) is 2.15. The molecule has 0 bridgehead atoms. The molecule has 0 radical (unpaired) electrons. The van der Waals surface area contributed by atoms with E-state index in [1.807, 2.05) is 24.1 Å². The predicted molar refractivity (Wildman–Crippen MR) is 90.0 cm³/mol. The summed E-state index contributed by atoms with van der Waals surface area (Å²) >= 11 is 6.34. The molecule has 0 atom stereocenters. The third-order valence-corrected chi connectivity index (χ3v) is 3.58. The smallest absolute Gasteiger partial charge is 0.221 e. The maximum atomic E-state index is 11.4. The fourth-order valence-electron chi connectivity index (χ4n) is 2.13. The molecule has 2 N–H and O–H groups in total. The zero-order chi connectivity index (χ0) is 15.8. The summed E-state index contributed by atoms with van der Waals surface area (Å²) in [5, 5.41) is 6.79. The number of rotatable bonds is 8. The van der Waals surface area contributed by atoms with Gasteiger partial charge in [0.15, 0.2) is 0 Å². The molecule has 1 aromatic carbocycles. The van der Waals surface area contributed by atoms with E-state index in [1.54, 1.807) is 7.05 Å². The molecule has 1 amide bonds. The Bertz CT molecular complexity index is 463. The third kappa shape index (κ3) is 5.94. The molecule has 0 aliphatic rings. The summed E-state index contributed by atoms with van der Waals surface area (Å²) < 4.78 is 0. The molecule has 0 aromatic heterocycles. The highest BCUT2D eigenvalue weighted by atomic mass is 35.5. The molecular weight excluding hydrogens is 286 g/mol. The van der Waals surface area contributed by atoms with Crippen LogP contribution in [0.25, 0.3) is 0 Å². The van der Waals surface area contributed by atoms with Crippen molar-refractivity contribution in [3.8, 4) is 0 Å². The Morgan fingerprint density at radius 1 is 1.38 bits per heavy atom. The number of amides is 1. The van der Waals surface area contributed by atoms with Gasteiger partial charge in [0.25, 0.3) is 0 Å². The summed E-state index contributed by atoms with van der Waals surface area (Å²) in [7, 11) is 3.62. The average molecular weight is 312 g/mol. The quantitative estimate of drug-likeness (QED) is 0.776. The molecule has 1 rings (SSSR count). The number of carbonyl (C=O) groups is 1. The molecule has 0 fully saturated rings. The summed E-state index contributed by atoms with van der Waals surface area (Å²) in [6, 6.07) is 5.93. The van der Waals surface area contributed by atoms with Gasteiger partial charge in [-0.3, -0.25) is 4.79 Å². The Labute approximate surface area is 132 Å². The summed E-state index contributed by atoms with van der Waals surface area (Å²) in [4.78, 5) is 13.4. The maximum Gasteiger partial charge on any atom is 0.221 e. The van der Waals surface area contributed by atoms with Crippen LogP contribution in [-0.2, 0) is 11.3 Å². The van der Waals surface area contributed by atoms with Crippen molar-refractivity contribution < 1.29 is 4.79 Å². The molecule has 0 saturated heterocycles. The van der Waals surface area contributed by atoms with Crippen LogP contribution in [0.15, 0.2) is 18.2 Å². The van der Waals surface area contributed by atoms with Gasteiger partial charge in [-0.2, -0.15) is 0 Å². The fraction of sp³-hybridized carbons (Fsp3) is 0.562. The minimum atomic E-state index is 0.0355. The first-order valence-corrected chi connectivity index (χ1v) is 7.73. The van der Waals surface area contributed by atoms with E-state index in [4.69, 9.17) is 11.6 Å². The summed E-state index contributed by atoms with van der Waals surface area (Å²) in [5.74, 6) is 0.645. The van der Waals surface area contributed by atoms with E-state index in [9.17, 15) is 4.79 Å². The highest BCUT2D eigenvalue weighted by molar-refractivity contribution is 6.33. The van der Waals surface area contributed by atoms with Gasteiger partial charge in [0.05, 0.1) is 10.7 Å². The zero-order valence-corrected chi connectivity index (χ0v) is 14.1. The molecule has 0 heterocycles. The van der Waals surface area contributed by atoms with Gasteiger partial charge in [-0.1, -0.05) is 37.6 Å². The molecule has 5 heteroatoms. The van der Waals surface area contributed by atoms with Crippen molar-refractivity contribution in [3.05, 3.63) is 28.8 Å². The van der Waals surface area contributed by atoms with E-state index >= 15 is 0 Å². The highest BCUT2D eigenvalue weighted by Crippen LogP contribution is 2.29. The van der Waals surface area contributed by atoms with Gasteiger partial charge in [0, 0.05) is 33.6 Å². The standard InChI is InChI=1S/C16H26ClN3O/c1-12(2)10-19-11-13-6-5-7-14(17)16(13)20(4)9-8-15(21)18-3/h5-7,12,19H,8-11H2,1-4H3,(H,18,21). The van der Waals surface area contributed by atoms with Crippen LogP contribution in [0.3, 0.4) is 0 Å². The Balaban J connectivity index is 2.76. The molecule has 0 saturated carbocycles. The molecule has 4 nitrogen and oxygen atoms in total. The maximum absolute atomic E-state index is 11.4. The van der Waals surface area contributed by atoms with Crippen LogP contribution in [0.4, 0.5) is 5.69 Å². The topological polar surface area (TPSA) is 44.4 Å². The van der Waals surface area contributed by atoms with Crippen LogP contribution < -0.4 is 15.5 Å². The number of hydrogen-bond acceptors (Lipinski definition) is 3. The van der Waals surface area contributed by atoms with E-state index in [1.165, 1.54) is 0 Å². The van der Waals surface area contributed by atoms with E-state index in [0.717, 1.165) is 29.4 Å². The van der Waals surface area contributed by atoms with E-state index in [-0.39, 0.29) is 5.91 Å². The van der Waals surface area contributed by atoms with Gasteiger partial charge >= 0.3 is 0 Å². The Hall–Kier alpha value is -1.26. The number of hydrogen-bond donors (Lipinski definition) is 2. The normalized spacial score (nSPS) is 10.8. The largest absolute Gasteiger partial charge is 0.373 e. The molecule has 0 spiro atoms. The second kappa shape index (κ2) is 8.90. The molecule has 1 aromatic rings. The lowest BCUT2D eigenvalue weighted by molar-refractivity contribution is -0.120. The first kappa shape index (κ1) is 17.8. The van der Waals surface area contributed by atoms with Gasteiger partial charge < -0.3 is 15.5 Å². The van der Waals surface area contributed by atoms with Crippen molar-refractivity contribution >= 4 is 23.2 Å². The number of nitrogens with zero attached hydrogens (tertiary/aromatic N) is 1. The lowest BCUT2D eigenvalue weighted by Gasteiger charge is -2.24. The van der Waals surface area contributed by atoms with E-state index in [0.29, 0.717) is 18.9 Å². The van der Waals surface area contributed by atoms with Crippen molar-refractivity contribution in [1.82, 2.24) is 10.6 Å². The van der Waals surface area contributed by atoms with Crippen molar-refractivity contribution in [3.63, 3.8) is 0 Å². The van der Waals surface area contributed by atoms with Gasteiger partial charge in [-0.15, -0.1) is 0 Å². The summed E-state index contributed by atoms with van der Waals surface area (Å²) in [6.07, 6.45) is 0.455. The van der Waals surface area contributed by atoms with Crippen molar-refractivity contribution in [2.45, 2.75) is 26.8 Å². The minimum Gasteiger partial charge on any atom is -0.373 e. The number of para-hydroxylation sites is 1. The number of halogens is 1. The van der Waals surface area contributed by atoms with E-state index in [2.05, 4.69) is 30.5 Å². The monoisotopic (exact) mass is 311 g/mol. The molecule has 21 heavy (non-hydrogen) atoms.